The molecule has 1 saturated heterocycles. The molecule has 0 N–H and O–H groups in total. The molecule has 2 aromatic rings. The molecule has 1 heterocycles. The van der Waals surface area contributed by atoms with Gasteiger partial charge in [-0.05, 0) is 73.5 Å². The molecule has 0 spiro atoms. The van der Waals surface area contributed by atoms with Crippen LogP contribution in [-0.2, 0) is 13.0 Å². The molecule has 2 aliphatic rings. The van der Waals surface area contributed by atoms with Gasteiger partial charge in [0.2, 0.25) is 0 Å². The van der Waals surface area contributed by atoms with Crippen molar-refractivity contribution < 1.29 is 14.3 Å². The second kappa shape index (κ2) is 10.3. The number of benzene rings is 2. The first-order chi connectivity index (χ1) is 15.1. The standard InChI is InChI=1S/C24H28N4O3.ClH/c1-30-21-12-19-15-24(26-27-25,23(29)20(19)13-22(21)31-2)14-17-8-10-28(11-9-17)16-18-6-4-3-5-7-18;/h3-7,12-13,17H,8-11,14-16H2,1-2H3;1H. The number of azide groups is 1. The summed E-state index contributed by atoms with van der Waals surface area (Å²) in [6.45, 7) is 2.91. The molecule has 0 aromatic heterocycles. The molecule has 1 aliphatic heterocycles. The molecule has 7 nitrogen and oxygen atoms in total. The molecule has 0 amide bonds. The summed E-state index contributed by atoms with van der Waals surface area (Å²) in [5, 5.41) is 4.08. The fourth-order valence-electron chi connectivity index (χ4n) is 4.96. The van der Waals surface area contributed by atoms with Crippen molar-refractivity contribution >= 4 is 18.2 Å². The van der Waals surface area contributed by atoms with Crippen molar-refractivity contribution in [2.45, 2.75) is 37.8 Å². The van der Waals surface area contributed by atoms with Crippen molar-refractivity contribution in [1.29, 1.82) is 0 Å². The second-order valence-electron chi connectivity index (χ2n) is 8.50. The van der Waals surface area contributed by atoms with Gasteiger partial charge in [0.25, 0.3) is 0 Å². The highest BCUT2D eigenvalue weighted by Crippen LogP contribution is 2.43. The number of Topliss-reactive ketones (excluding diaryl/α,β-unsaturated/α-hetero) is 1. The maximum Gasteiger partial charge on any atom is 0.175 e. The van der Waals surface area contributed by atoms with E-state index in [4.69, 9.17) is 9.47 Å². The Morgan fingerprint density at radius 1 is 1.12 bits per heavy atom. The molecule has 1 unspecified atom stereocenters. The number of carbonyl (C=O) groups excluding carboxylic acids is 1. The third-order valence-corrected chi connectivity index (χ3v) is 6.58. The predicted molar refractivity (Wildman–Crippen MR) is 126 cm³/mol. The first-order valence-electron chi connectivity index (χ1n) is 10.7. The summed E-state index contributed by atoms with van der Waals surface area (Å²) < 4.78 is 10.8. The van der Waals surface area contributed by atoms with Gasteiger partial charge in [0.05, 0.1) is 14.2 Å². The van der Waals surface area contributed by atoms with Gasteiger partial charge >= 0.3 is 0 Å². The minimum Gasteiger partial charge on any atom is -0.493 e. The van der Waals surface area contributed by atoms with Crippen molar-refractivity contribution in [3.05, 3.63) is 69.6 Å². The van der Waals surface area contributed by atoms with Gasteiger partial charge in [0.1, 0.15) is 5.54 Å². The van der Waals surface area contributed by atoms with E-state index in [1.165, 1.54) is 5.56 Å². The Bertz CT molecular complexity index is 1000. The van der Waals surface area contributed by atoms with Crippen molar-refractivity contribution in [2.75, 3.05) is 27.3 Å². The van der Waals surface area contributed by atoms with Crippen molar-refractivity contribution in [3.8, 4) is 11.5 Å². The molecule has 1 atom stereocenters. The molecular weight excluding hydrogens is 428 g/mol. The number of ether oxygens (including phenoxy) is 2. The Morgan fingerprint density at radius 3 is 2.41 bits per heavy atom. The second-order valence-corrected chi connectivity index (χ2v) is 8.50. The summed E-state index contributed by atoms with van der Waals surface area (Å²) in [5.41, 5.74) is 11.0. The van der Waals surface area contributed by atoms with Crippen molar-refractivity contribution in [2.24, 2.45) is 11.0 Å². The minimum atomic E-state index is -1.05. The van der Waals surface area contributed by atoms with Crippen LogP contribution in [0.15, 0.2) is 47.6 Å². The lowest BCUT2D eigenvalue weighted by Gasteiger charge is -2.35. The summed E-state index contributed by atoms with van der Waals surface area (Å²) in [7, 11) is 3.12. The summed E-state index contributed by atoms with van der Waals surface area (Å²) >= 11 is 0. The highest BCUT2D eigenvalue weighted by molar-refractivity contribution is 6.08. The van der Waals surface area contributed by atoms with E-state index in [1.54, 1.807) is 20.3 Å². The summed E-state index contributed by atoms with van der Waals surface area (Å²) in [5.74, 6) is 1.34. The Morgan fingerprint density at radius 2 is 1.78 bits per heavy atom. The Labute approximate surface area is 194 Å². The molecule has 1 fully saturated rings. The van der Waals surface area contributed by atoms with Crippen LogP contribution in [0.4, 0.5) is 0 Å². The number of likely N-dealkylation sites (tertiary alicyclic amines) is 1. The van der Waals surface area contributed by atoms with E-state index >= 15 is 0 Å². The van der Waals surface area contributed by atoms with Gasteiger partial charge in [0, 0.05) is 17.0 Å². The molecule has 2 aromatic carbocycles. The molecule has 1 aliphatic carbocycles. The lowest BCUT2D eigenvalue weighted by atomic mass is 9.80. The number of carbonyl (C=O) groups is 1. The van der Waals surface area contributed by atoms with Crippen LogP contribution in [0, 0.1) is 5.92 Å². The molecule has 170 valence electrons. The van der Waals surface area contributed by atoms with Crippen LogP contribution >= 0.6 is 12.4 Å². The third kappa shape index (κ3) is 4.70. The van der Waals surface area contributed by atoms with Crippen molar-refractivity contribution in [3.63, 3.8) is 0 Å². The van der Waals surface area contributed by atoms with Gasteiger partial charge in [-0.15, -0.1) is 12.4 Å². The average molecular weight is 457 g/mol. The van der Waals surface area contributed by atoms with Gasteiger partial charge in [-0.25, -0.2) is 0 Å². The van der Waals surface area contributed by atoms with Crippen LogP contribution in [-0.4, -0.2) is 43.5 Å². The van der Waals surface area contributed by atoms with E-state index in [0.717, 1.165) is 38.0 Å². The first kappa shape index (κ1) is 23.9. The molecule has 0 radical (unpaired) electrons. The van der Waals surface area contributed by atoms with Crippen LogP contribution in [0.2, 0.25) is 0 Å². The maximum atomic E-state index is 13.4. The lowest BCUT2D eigenvalue weighted by molar-refractivity contribution is 0.0855. The normalized spacial score (nSPS) is 20.8. The average Bonchev–Trinajstić information content (AvgIpc) is 3.05. The molecule has 0 bridgehead atoms. The van der Waals surface area contributed by atoms with E-state index in [0.29, 0.717) is 35.8 Å². The largest absolute Gasteiger partial charge is 0.493 e. The van der Waals surface area contributed by atoms with E-state index in [1.807, 2.05) is 12.1 Å². The number of methoxy groups -OCH3 is 2. The van der Waals surface area contributed by atoms with Gasteiger partial charge < -0.3 is 9.47 Å². The SMILES string of the molecule is COc1cc2c(cc1OC)C(=O)C(CC1CCN(Cc3ccccc3)CC1)(N=[N+]=[N-])C2.Cl. The molecule has 4 rings (SSSR count). The Kier molecular flexibility index (Phi) is 7.67. The monoisotopic (exact) mass is 456 g/mol. The molecular formula is C24H29ClN4O3. The number of piperidine rings is 1. The maximum absolute atomic E-state index is 13.4. The zero-order valence-corrected chi connectivity index (χ0v) is 19.3. The van der Waals surface area contributed by atoms with Crippen LogP contribution in [0.25, 0.3) is 10.4 Å². The molecule has 0 saturated carbocycles. The number of nitrogens with zero attached hydrogens (tertiary/aromatic N) is 4. The number of ketones is 1. The summed E-state index contributed by atoms with van der Waals surface area (Å²) in [4.78, 5) is 18.9. The van der Waals surface area contributed by atoms with Gasteiger partial charge in [-0.1, -0.05) is 35.4 Å². The zero-order chi connectivity index (χ0) is 21.8. The number of hydrogen-bond acceptors (Lipinski definition) is 5. The van der Waals surface area contributed by atoms with Gasteiger partial charge in [-0.3, -0.25) is 9.69 Å². The lowest BCUT2D eigenvalue weighted by Crippen LogP contribution is -2.40. The highest BCUT2D eigenvalue weighted by atomic mass is 35.5. The number of rotatable bonds is 7. The first-order valence-corrected chi connectivity index (χ1v) is 10.7. The van der Waals surface area contributed by atoms with Crippen LogP contribution < -0.4 is 9.47 Å². The summed E-state index contributed by atoms with van der Waals surface area (Å²) in [6, 6.07) is 14.0. The highest BCUT2D eigenvalue weighted by Gasteiger charge is 2.47. The fraction of sp³-hybridized carbons (Fsp3) is 0.458. The quantitative estimate of drug-likeness (QED) is 0.325. The van der Waals surface area contributed by atoms with Crippen LogP contribution in [0.3, 0.4) is 0 Å². The topological polar surface area (TPSA) is 87.5 Å². The summed E-state index contributed by atoms with van der Waals surface area (Å²) in [6.07, 6.45) is 2.97. The van der Waals surface area contributed by atoms with E-state index < -0.39 is 5.54 Å². The number of halogens is 1. The molecule has 32 heavy (non-hydrogen) atoms. The van der Waals surface area contributed by atoms with E-state index in [9.17, 15) is 10.3 Å². The van der Waals surface area contributed by atoms with E-state index in [2.05, 4.69) is 39.2 Å². The van der Waals surface area contributed by atoms with Gasteiger partial charge in [0.15, 0.2) is 17.3 Å². The Hall–Kier alpha value is -2.73. The van der Waals surface area contributed by atoms with Crippen molar-refractivity contribution in [1.82, 2.24) is 4.90 Å². The third-order valence-electron chi connectivity index (χ3n) is 6.58. The van der Waals surface area contributed by atoms with Crippen LogP contribution in [0.5, 0.6) is 11.5 Å². The van der Waals surface area contributed by atoms with Crippen LogP contribution in [0.1, 0.15) is 40.7 Å². The Balaban J connectivity index is 0.00000289. The van der Waals surface area contributed by atoms with Gasteiger partial charge in [-0.2, -0.15) is 0 Å². The van der Waals surface area contributed by atoms with E-state index in [-0.39, 0.29) is 18.2 Å². The smallest absolute Gasteiger partial charge is 0.175 e. The fourth-order valence-corrected chi connectivity index (χ4v) is 4.96. The predicted octanol–water partition coefficient (Wildman–Crippen LogP) is 5.22. The zero-order valence-electron chi connectivity index (χ0n) is 18.5. The molecule has 8 heteroatoms. The number of hydrogen-bond donors (Lipinski definition) is 0. The minimum absolute atomic E-state index is 0. The number of fused-ring (bicyclic) bond motifs is 1.